The third kappa shape index (κ3) is 4.41. The van der Waals surface area contributed by atoms with Crippen LogP contribution in [0.15, 0.2) is 24.3 Å². The first-order chi connectivity index (χ1) is 8.00. The SMILES string of the molecule is Cc1cc(C)c(CNC/C=C/C(=O)O)c(C)c1. The van der Waals surface area contributed by atoms with Gasteiger partial charge in [-0.1, -0.05) is 23.8 Å². The Labute approximate surface area is 102 Å². The van der Waals surface area contributed by atoms with Crippen LogP contribution in [-0.4, -0.2) is 17.6 Å². The summed E-state index contributed by atoms with van der Waals surface area (Å²) in [5, 5.41) is 11.6. The van der Waals surface area contributed by atoms with E-state index in [1.807, 2.05) is 0 Å². The van der Waals surface area contributed by atoms with Gasteiger partial charge in [0.05, 0.1) is 0 Å². The van der Waals surface area contributed by atoms with E-state index < -0.39 is 5.97 Å². The number of aryl methyl sites for hydroxylation is 3. The zero-order valence-electron chi connectivity index (χ0n) is 10.6. The first-order valence-corrected chi connectivity index (χ1v) is 5.67. The van der Waals surface area contributed by atoms with Crippen LogP contribution in [0.3, 0.4) is 0 Å². The molecule has 0 spiro atoms. The first-order valence-electron chi connectivity index (χ1n) is 5.67. The minimum absolute atomic E-state index is 0.569. The van der Waals surface area contributed by atoms with Crippen molar-refractivity contribution in [2.45, 2.75) is 27.3 Å². The topological polar surface area (TPSA) is 49.3 Å². The van der Waals surface area contributed by atoms with Gasteiger partial charge in [-0.05, 0) is 37.5 Å². The van der Waals surface area contributed by atoms with E-state index >= 15 is 0 Å². The van der Waals surface area contributed by atoms with Gasteiger partial charge in [0.1, 0.15) is 0 Å². The molecule has 0 amide bonds. The molecule has 0 saturated carbocycles. The number of hydrogen-bond donors (Lipinski definition) is 2. The van der Waals surface area contributed by atoms with Crippen molar-refractivity contribution in [2.75, 3.05) is 6.54 Å². The van der Waals surface area contributed by atoms with Gasteiger partial charge in [-0.2, -0.15) is 0 Å². The number of carboxylic acid groups (broad SMARTS) is 1. The van der Waals surface area contributed by atoms with Gasteiger partial charge in [-0.3, -0.25) is 0 Å². The van der Waals surface area contributed by atoms with Crippen molar-refractivity contribution in [1.82, 2.24) is 5.32 Å². The van der Waals surface area contributed by atoms with Gasteiger partial charge >= 0.3 is 5.97 Å². The molecule has 2 N–H and O–H groups in total. The van der Waals surface area contributed by atoms with Crippen LogP contribution in [0.1, 0.15) is 22.3 Å². The van der Waals surface area contributed by atoms with Crippen LogP contribution in [0.25, 0.3) is 0 Å². The molecular formula is C14H19NO2. The van der Waals surface area contributed by atoms with Gasteiger partial charge in [0.2, 0.25) is 0 Å². The third-order valence-corrected chi connectivity index (χ3v) is 2.66. The lowest BCUT2D eigenvalue weighted by molar-refractivity contribution is -0.131. The fourth-order valence-corrected chi connectivity index (χ4v) is 1.93. The second-order valence-corrected chi connectivity index (χ2v) is 4.25. The normalized spacial score (nSPS) is 11.0. The number of carbonyl (C=O) groups is 1. The maximum Gasteiger partial charge on any atom is 0.328 e. The molecular weight excluding hydrogens is 214 g/mol. The van der Waals surface area contributed by atoms with E-state index in [2.05, 4.69) is 38.2 Å². The fourth-order valence-electron chi connectivity index (χ4n) is 1.93. The Hall–Kier alpha value is -1.61. The number of benzene rings is 1. The lowest BCUT2D eigenvalue weighted by Gasteiger charge is -2.11. The van der Waals surface area contributed by atoms with Crippen LogP contribution >= 0.6 is 0 Å². The third-order valence-electron chi connectivity index (χ3n) is 2.66. The predicted octanol–water partition coefficient (Wildman–Crippen LogP) is 2.34. The van der Waals surface area contributed by atoms with Crippen LogP contribution in [0.4, 0.5) is 0 Å². The molecule has 0 bridgehead atoms. The second kappa shape index (κ2) is 6.21. The quantitative estimate of drug-likeness (QED) is 0.606. The van der Waals surface area contributed by atoms with Crippen molar-refractivity contribution in [3.05, 3.63) is 46.5 Å². The number of hydrogen-bond acceptors (Lipinski definition) is 2. The molecule has 3 nitrogen and oxygen atoms in total. The van der Waals surface area contributed by atoms with E-state index in [4.69, 9.17) is 5.11 Å². The fraction of sp³-hybridized carbons (Fsp3) is 0.357. The van der Waals surface area contributed by atoms with E-state index in [9.17, 15) is 4.79 Å². The summed E-state index contributed by atoms with van der Waals surface area (Å²) in [5.74, 6) is -0.908. The molecule has 1 aromatic carbocycles. The molecule has 0 fully saturated rings. The maximum absolute atomic E-state index is 10.3. The van der Waals surface area contributed by atoms with Gasteiger partial charge in [0.25, 0.3) is 0 Å². The van der Waals surface area contributed by atoms with Crippen LogP contribution in [0, 0.1) is 20.8 Å². The van der Waals surface area contributed by atoms with Crippen molar-refractivity contribution in [2.24, 2.45) is 0 Å². The Morgan fingerprint density at radius 1 is 1.29 bits per heavy atom. The molecule has 0 aromatic heterocycles. The van der Waals surface area contributed by atoms with Crippen LogP contribution in [0.5, 0.6) is 0 Å². The number of nitrogens with one attached hydrogen (secondary N) is 1. The van der Waals surface area contributed by atoms with Crippen molar-refractivity contribution >= 4 is 5.97 Å². The van der Waals surface area contributed by atoms with E-state index in [-0.39, 0.29) is 0 Å². The van der Waals surface area contributed by atoms with E-state index in [0.29, 0.717) is 6.54 Å². The highest BCUT2D eigenvalue weighted by molar-refractivity contribution is 5.79. The minimum Gasteiger partial charge on any atom is -0.478 e. The van der Waals surface area contributed by atoms with Crippen molar-refractivity contribution < 1.29 is 9.90 Å². The summed E-state index contributed by atoms with van der Waals surface area (Å²) >= 11 is 0. The summed E-state index contributed by atoms with van der Waals surface area (Å²) in [7, 11) is 0. The van der Waals surface area contributed by atoms with Crippen molar-refractivity contribution in [1.29, 1.82) is 0 Å². The molecule has 0 radical (unpaired) electrons. The standard InChI is InChI=1S/C14H19NO2/c1-10-7-11(2)13(12(3)8-10)9-15-6-4-5-14(16)17/h4-5,7-8,15H,6,9H2,1-3H3,(H,16,17)/b5-4+. The molecule has 1 rings (SSSR count). The highest BCUT2D eigenvalue weighted by Crippen LogP contribution is 2.15. The van der Waals surface area contributed by atoms with E-state index in [1.54, 1.807) is 6.08 Å². The average Bonchev–Trinajstić information content (AvgIpc) is 2.20. The Bertz CT molecular complexity index is 413. The largest absolute Gasteiger partial charge is 0.478 e. The van der Waals surface area contributed by atoms with Crippen molar-refractivity contribution in [3.63, 3.8) is 0 Å². The first kappa shape index (κ1) is 13.5. The van der Waals surface area contributed by atoms with Crippen LogP contribution in [0.2, 0.25) is 0 Å². The second-order valence-electron chi connectivity index (χ2n) is 4.25. The number of carboxylic acids is 1. The molecule has 0 atom stereocenters. The zero-order valence-corrected chi connectivity index (χ0v) is 10.6. The average molecular weight is 233 g/mol. The Kier molecular flexibility index (Phi) is 4.91. The molecule has 17 heavy (non-hydrogen) atoms. The lowest BCUT2D eigenvalue weighted by Crippen LogP contribution is -2.15. The molecule has 0 aliphatic carbocycles. The molecule has 0 saturated heterocycles. The van der Waals surface area contributed by atoms with Gasteiger partial charge in [0, 0.05) is 19.2 Å². The monoisotopic (exact) mass is 233 g/mol. The lowest BCUT2D eigenvalue weighted by atomic mass is 10.00. The summed E-state index contributed by atoms with van der Waals surface area (Å²) in [6.07, 6.45) is 2.77. The molecule has 1 aromatic rings. The van der Waals surface area contributed by atoms with Crippen molar-refractivity contribution in [3.8, 4) is 0 Å². The van der Waals surface area contributed by atoms with Gasteiger partial charge < -0.3 is 10.4 Å². The summed E-state index contributed by atoms with van der Waals surface area (Å²) in [6.45, 7) is 7.63. The van der Waals surface area contributed by atoms with Crippen LogP contribution in [-0.2, 0) is 11.3 Å². The molecule has 0 aliphatic rings. The molecule has 92 valence electrons. The van der Waals surface area contributed by atoms with Gasteiger partial charge in [-0.25, -0.2) is 4.79 Å². The maximum atomic E-state index is 10.3. The van der Waals surface area contributed by atoms with E-state index in [1.165, 1.54) is 22.3 Å². The Morgan fingerprint density at radius 3 is 2.41 bits per heavy atom. The summed E-state index contributed by atoms with van der Waals surface area (Å²) in [6, 6.07) is 4.33. The van der Waals surface area contributed by atoms with Gasteiger partial charge in [0.15, 0.2) is 0 Å². The molecule has 0 aliphatic heterocycles. The highest BCUT2D eigenvalue weighted by atomic mass is 16.4. The Morgan fingerprint density at radius 2 is 1.88 bits per heavy atom. The van der Waals surface area contributed by atoms with E-state index in [0.717, 1.165) is 12.6 Å². The summed E-state index contributed by atoms with van der Waals surface area (Å²) in [5.41, 5.74) is 5.11. The predicted molar refractivity (Wildman–Crippen MR) is 69.1 cm³/mol. The summed E-state index contributed by atoms with van der Waals surface area (Å²) in [4.78, 5) is 10.3. The molecule has 0 heterocycles. The summed E-state index contributed by atoms with van der Waals surface area (Å²) < 4.78 is 0. The smallest absolute Gasteiger partial charge is 0.328 e. The van der Waals surface area contributed by atoms with Crippen LogP contribution < -0.4 is 5.32 Å². The van der Waals surface area contributed by atoms with Gasteiger partial charge in [-0.15, -0.1) is 0 Å². The number of rotatable bonds is 5. The molecule has 0 unspecified atom stereocenters. The number of aliphatic carboxylic acids is 1. The molecule has 3 heteroatoms. The Balaban J connectivity index is 2.55. The highest BCUT2D eigenvalue weighted by Gasteiger charge is 2.02. The zero-order chi connectivity index (χ0) is 12.8. The minimum atomic E-state index is -0.908.